The number of hydrogen-bond acceptors (Lipinski definition) is 2. The largest absolute Gasteiger partial charge is 0.320 e. The van der Waals surface area contributed by atoms with Gasteiger partial charge in [0.15, 0.2) is 0 Å². The predicted molar refractivity (Wildman–Crippen MR) is 55.0 cm³/mol. The Balaban J connectivity index is 2.37. The Morgan fingerprint density at radius 1 is 1.43 bits per heavy atom. The number of nitrogens with two attached hydrogens (primary N) is 1. The average Bonchev–Trinajstić information content (AvgIpc) is 2.83. The van der Waals surface area contributed by atoms with Crippen molar-refractivity contribution in [2.24, 2.45) is 5.73 Å². The molecule has 0 aromatic carbocycles. The molecule has 2 heterocycles. The summed E-state index contributed by atoms with van der Waals surface area (Å²) in [6.45, 7) is 2.02. The maximum atomic E-state index is 6.21. The first-order valence-corrected chi connectivity index (χ1v) is 4.93. The number of nitrogens with zero attached hydrogens (tertiary/aromatic N) is 2. The molecule has 1 fully saturated rings. The fourth-order valence-corrected chi connectivity index (χ4v) is 1.98. The normalized spacial score (nSPS) is 18.7. The molecule has 3 rings (SSSR count). The SMILES string of the molecule is Cc1ncc2cccc(C3(N)CC3)n12. The number of fused-ring (bicyclic) bond motifs is 1. The second kappa shape index (κ2) is 2.36. The van der Waals surface area contributed by atoms with Crippen molar-refractivity contribution in [3.8, 4) is 0 Å². The van der Waals surface area contributed by atoms with Crippen LogP contribution in [0.4, 0.5) is 0 Å². The van der Waals surface area contributed by atoms with E-state index in [1.165, 1.54) is 5.69 Å². The number of pyridine rings is 1. The molecule has 0 amide bonds. The quantitative estimate of drug-likeness (QED) is 0.736. The summed E-state index contributed by atoms with van der Waals surface area (Å²) < 4.78 is 2.16. The molecule has 1 saturated carbocycles. The summed E-state index contributed by atoms with van der Waals surface area (Å²) in [5.74, 6) is 1.02. The van der Waals surface area contributed by atoms with E-state index in [4.69, 9.17) is 5.73 Å². The zero-order chi connectivity index (χ0) is 9.76. The first-order chi connectivity index (χ1) is 6.71. The van der Waals surface area contributed by atoms with E-state index < -0.39 is 0 Å². The molecule has 0 saturated heterocycles. The van der Waals surface area contributed by atoms with Crippen molar-refractivity contribution in [3.05, 3.63) is 35.9 Å². The lowest BCUT2D eigenvalue weighted by Gasteiger charge is -2.12. The van der Waals surface area contributed by atoms with E-state index in [1.807, 2.05) is 13.1 Å². The molecule has 3 nitrogen and oxygen atoms in total. The second-order valence-corrected chi connectivity index (χ2v) is 4.13. The van der Waals surface area contributed by atoms with Crippen LogP contribution in [-0.4, -0.2) is 9.38 Å². The fraction of sp³-hybridized carbons (Fsp3) is 0.364. The van der Waals surface area contributed by atoms with Gasteiger partial charge < -0.3 is 5.73 Å². The number of aromatic nitrogens is 2. The number of rotatable bonds is 1. The zero-order valence-electron chi connectivity index (χ0n) is 8.20. The zero-order valence-corrected chi connectivity index (χ0v) is 8.20. The average molecular weight is 187 g/mol. The van der Waals surface area contributed by atoms with Crippen molar-refractivity contribution >= 4 is 5.52 Å². The van der Waals surface area contributed by atoms with Crippen molar-refractivity contribution in [3.63, 3.8) is 0 Å². The van der Waals surface area contributed by atoms with Gasteiger partial charge in [-0.25, -0.2) is 4.98 Å². The number of hydrogen-bond donors (Lipinski definition) is 1. The Labute approximate surface area is 82.6 Å². The molecule has 1 aliphatic rings. The highest BCUT2D eigenvalue weighted by Crippen LogP contribution is 2.42. The van der Waals surface area contributed by atoms with Gasteiger partial charge >= 0.3 is 0 Å². The van der Waals surface area contributed by atoms with Crippen LogP contribution in [0.25, 0.3) is 5.52 Å². The Morgan fingerprint density at radius 3 is 2.93 bits per heavy atom. The van der Waals surface area contributed by atoms with Gasteiger partial charge in [-0.15, -0.1) is 0 Å². The lowest BCUT2D eigenvalue weighted by molar-refractivity contribution is 0.687. The molecule has 0 spiro atoms. The van der Waals surface area contributed by atoms with Gasteiger partial charge in [0, 0.05) is 5.69 Å². The lowest BCUT2D eigenvalue weighted by atomic mass is 10.1. The van der Waals surface area contributed by atoms with Crippen LogP contribution >= 0.6 is 0 Å². The Bertz CT molecular complexity index is 494. The predicted octanol–water partition coefficient (Wildman–Crippen LogP) is 1.59. The number of aryl methyl sites for hydroxylation is 1. The molecule has 2 aromatic heterocycles. The first kappa shape index (κ1) is 8.00. The summed E-state index contributed by atoms with van der Waals surface area (Å²) in [4.78, 5) is 4.31. The molecule has 0 aliphatic heterocycles. The molecule has 72 valence electrons. The van der Waals surface area contributed by atoms with Crippen LogP contribution in [0.2, 0.25) is 0 Å². The van der Waals surface area contributed by atoms with E-state index >= 15 is 0 Å². The summed E-state index contributed by atoms with van der Waals surface area (Å²) >= 11 is 0. The maximum Gasteiger partial charge on any atom is 0.110 e. The molecule has 3 heteroatoms. The highest BCUT2D eigenvalue weighted by Gasteiger charge is 2.41. The summed E-state index contributed by atoms with van der Waals surface area (Å²) in [5.41, 5.74) is 8.46. The van der Waals surface area contributed by atoms with Crippen molar-refractivity contribution in [2.45, 2.75) is 25.3 Å². The smallest absolute Gasteiger partial charge is 0.110 e. The van der Waals surface area contributed by atoms with E-state index in [-0.39, 0.29) is 5.54 Å². The molecule has 0 radical (unpaired) electrons. The topological polar surface area (TPSA) is 43.3 Å². The molecule has 0 unspecified atom stereocenters. The van der Waals surface area contributed by atoms with Crippen LogP contribution in [0.1, 0.15) is 24.4 Å². The van der Waals surface area contributed by atoms with Gasteiger partial charge in [-0.05, 0) is 31.9 Å². The summed E-state index contributed by atoms with van der Waals surface area (Å²) in [5, 5.41) is 0. The van der Waals surface area contributed by atoms with Crippen LogP contribution in [-0.2, 0) is 5.54 Å². The molecule has 14 heavy (non-hydrogen) atoms. The standard InChI is InChI=1S/C11H13N3/c1-8-13-7-9-3-2-4-10(14(8)9)11(12)5-6-11/h2-4,7H,5-6,12H2,1H3. The van der Waals surface area contributed by atoms with Gasteiger partial charge in [-0.2, -0.15) is 0 Å². The monoisotopic (exact) mass is 187 g/mol. The maximum absolute atomic E-state index is 6.21. The van der Waals surface area contributed by atoms with E-state index in [0.29, 0.717) is 0 Å². The van der Waals surface area contributed by atoms with Crippen LogP contribution < -0.4 is 5.73 Å². The Morgan fingerprint density at radius 2 is 2.21 bits per heavy atom. The molecule has 0 bridgehead atoms. The molecule has 2 aromatic rings. The second-order valence-electron chi connectivity index (χ2n) is 4.13. The van der Waals surface area contributed by atoms with Crippen LogP contribution in [0.3, 0.4) is 0 Å². The lowest BCUT2D eigenvalue weighted by Crippen LogP contribution is -2.22. The minimum absolute atomic E-state index is 0.0923. The van der Waals surface area contributed by atoms with E-state index in [0.717, 1.165) is 24.2 Å². The van der Waals surface area contributed by atoms with Crippen LogP contribution in [0.15, 0.2) is 24.4 Å². The third-order valence-electron chi connectivity index (χ3n) is 3.03. The van der Waals surface area contributed by atoms with Crippen molar-refractivity contribution in [1.82, 2.24) is 9.38 Å². The third-order valence-corrected chi connectivity index (χ3v) is 3.03. The van der Waals surface area contributed by atoms with Crippen molar-refractivity contribution in [1.29, 1.82) is 0 Å². The summed E-state index contributed by atoms with van der Waals surface area (Å²) in [6.07, 6.45) is 4.07. The molecule has 1 aliphatic carbocycles. The fourth-order valence-electron chi connectivity index (χ4n) is 1.98. The Kier molecular flexibility index (Phi) is 1.35. The van der Waals surface area contributed by atoms with Crippen molar-refractivity contribution < 1.29 is 0 Å². The Hall–Kier alpha value is -1.35. The van der Waals surface area contributed by atoms with Crippen LogP contribution in [0.5, 0.6) is 0 Å². The first-order valence-electron chi connectivity index (χ1n) is 4.93. The van der Waals surface area contributed by atoms with Crippen molar-refractivity contribution in [2.75, 3.05) is 0 Å². The number of imidazole rings is 1. The molecule has 2 N–H and O–H groups in total. The van der Waals surface area contributed by atoms with Gasteiger partial charge in [0.2, 0.25) is 0 Å². The van der Waals surface area contributed by atoms with Crippen LogP contribution in [0, 0.1) is 6.92 Å². The summed E-state index contributed by atoms with van der Waals surface area (Å²) in [6, 6.07) is 6.22. The minimum Gasteiger partial charge on any atom is -0.320 e. The van der Waals surface area contributed by atoms with Gasteiger partial charge in [-0.1, -0.05) is 6.07 Å². The molecular weight excluding hydrogens is 174 g/mol. The highest BCUT2D eigenvalue weighted by molar-refractivity contribution is 5.49. The van der Waals surface area contributed by atoms with Gasteiger partial charge in [-0.3, -0.25) is 4.40 Å². The molecule has 0 atom stereocenters. The molecular formula is C11H13N3. The van der Waals surface area contributed by atoms with E-state index in [2.05, 4.69) is 27.6 Å². The van der Waals surface area contributed by atoms with Gasteiger partial charge in [0.1, 0.15) is 5.82 Å². The minimum atomic E-state index is -0.0923. The van der Waals surface area contributed by atoms with Gasteiger partial charge in [0.25, 0.3) is 0 Å². The van der Waals surface area contributed by atoms with Gasteiger partial charge in [0.05, 0.1) is 17.3 Å². The third kappa shape index (κ3) is 0.930. The van der Waals surface area contributed by atoms with E-state index in [9.17, 15) is 0 Å². The highest BCUT2D eigenvalue weighted by atomic mass is 15.1. The summed E-state index contributed by atoms with van der Waals surface area (Å²) in [7, 11) is 0. The van der Waals surface area contributed by atoms with E-state index in [1.54, 1.807) is 0 Å².